The molecule has 2 aliphatic rings. The Morgan fingerprint density at radius 1 is 0.900 bits per heavy atom. The number of hydrogen-bond donors (Lipinski definition) is 0. The lowest BCUT2D eigenvalue weighted by atomic mass is 9.68. The monoisotopic (exact) mass is 432 g/mol. The van der Waals surface area contributed by atoms with Gasteiger partial charge in [-0.1, -0.05) is 68.5 Å². The minimum Gasteiger partial charge on any atom is -0.205 e. The third-order valence-corrected chi connectivity index (χ3v) is 8.29. The van der Waals surface area contributed by atoms with Gasteiger partial charge in [-0.15, -0.1) is 0 Å². The van der Waals surface area contributed by atoms with Crippen molar-refractivity contribution in [3.8, 4) is 0 Å². The molecule has 0 N–H and O–H groups in total. The maximum atomic E-state index is 14.9. The summed E-state index contributed by atoms with van der Waals surface area (Å²) in [6.45, 7) is 4.36. The van der Waals surface area contributed by atoms with Crippen molar-refractivity contribution in [2.24, 2.45) is 17.8 Å². The van der Waals surface area contributed by atoms with Crippen LogP contribution in [0.1, 0.15) is 114 Å². The zero-order valence-corrected chi connectivity index (χ0v) is 20.0. The first-order valence-electron chi connectivity index (χ1n) is 12.7. The Kier molecular flexibility index (Phi) is 9.75. The molecule has 0 radical (unpaired) electrons. The van der Waals surface area contributed by atoms with E-state index in [2.05, 4.69) is 32.1 Å². The third kappa shape index (κ3) is 6.35. The van der Waals surface area contributed by atoms with Crippen LogP contribution in [0, 0.1) is 23.6 Å². The molecule has 2 saturated carbocycles. The van der Waals surface area contributed by atoms with Crippen LogP contribution >= 0.6 is 11.6 Å². The van der Waals surface area contributed by atoms with Crippen LogP contribution < -0.4 is 0 Å². The minimum atomic E-state index is -0.144. The van der Waals surface area contributed by atoms with E-state index in [0.717, 1.165) is 41.7 Å². The molecular weight excluding hydrogens is 391 g/mol. The van der Waals surface area contributed by atoms with Gasteiger partial charge in [-0.2, -0.15) is 0 Å². The van der Waals surface area contributed by atoms with E-state index in [1.165, 1.54) is 77.0 Å². The van der Waals surface area contributed by atoms with Crippen LogP contribution in [-0.4, -0.2) is 0 Å². The molecule has 0 heterocycles. The SMILES string of the molecule is CC=CC1CCC(C2CCC(c3ccc(CCCCCCC)c(F)c3Cl)CC2)CC1. The largest absolute Gasteiger partial charge is 0.205 e. The van der Waals surface area contributed by atoms with Gasteiger partial charge < -0.3 is 0 Å². The normalized spacial score (nSPS) is 27.6. The molecule has 1 aromatic rings. The number of benzene rings is 1. The molecule has 168 valence electrons. The molecule has 2 aliphatic carbocycles. The Labute approximate surface area is 189 Å². The summed E-state index contributed by atoms with van der Waals surface area (Å²) >= 11 is 6.54. The van der Waals surface area contributed by atoms with Crippen molar-refractivity contribution in [3.05, 3.63) is 46.3 Å². The molecule has 30 heavy (non-hydrogen) atoms. The highest BCUT2D eigenvalue weighted by molar-refractivity contribution is 6.31. The number of hydrogen-bond acceptors (Lipinski definition) is 0. The van der Waals surface area contributed by atoms with Crippen molar-refractivity contribution in [2.45, 2.75) is 110 Å². The molecule has 0 bridgehead atoms. The second-order valence-corrected chi connectivity index (χ2v) is 10.3. The fourth-order valence-corrected chi connectivity index (χ4v) is 6.35. The van der Waals surface area contributed by atoms with Crippen molar-refractivity contribution < 1.29 is 4.39 Å². The average molecular weight is 433 g/mol. The summed E-state index contributed by atoms with van der Waals surface area (Å²) in [4.78, 5) is 0. The molecule has 0 spiro atoms. The lowest BCUT2D eigenvalue weighted by Crippen LogP contribution is -2.25. The lowest BCUT2D eigenvalue weighted by molar-refractivity contribution is 0.171. The molecule has 0 unspecified atom stereocenters. The first kappa shape index (κ1) is 23.8. The van der Waals surface area contributed by atoms with E-state index in [-0.39, 0.29) is 5.82 Å². The van der Waals surface area contributed by atoms with Crippen LogP contribution in [0.4, 0.5) is 4.39 Å². The summed E-state index contributed by atoms with van der Waals surface area (Å²) in [6, 6.07) is 4.16. The number of halogens is 2. The Morgan fingerprint density at radius 2 is 1.53 bits per heavy atom. The van der Waals surface area contributed by atoms with E-state index in [0.29, 0.717) is 10.9 Å². The fraction of sp³-hybridized carbons (Fsp3) is 0.714. The van der Waals surface area contributed by atoms with Gasteiger partial charge in [-0.3, -0.25) is 0 Å². The predicted molar refractivity (Wildman–Crippen MR) is 129 cm³/mol. The Hall–Kier alpha value is -0.820. The van der Waals surface area contributed by atoms with Crippen molar-refractivity contribution >= 4 is 11.6 Å². The van der Waals surface area contributed by atoms with Crippen molar-refractivity contribution in [1.82, 2.24) is 0 Å². The minimum absolute atomic E-state index is 0.144. The van der Waals surface area contributed by atoms with Gasteiger partial charge in [0.05, 0.1) is 5.02 Å². The van der Waals surface area contributed by atoms with E-state index in [4.69, 9.17) is 11.6 Å². The second kappa shape index (κ2) is 12.3. The first-order chi connectivity index (χ1) is 14.6. The molecule has 1 aromatic carbocycles. The molecule has 0 nitrogen and oxygen atoms in total. The number of unbranched alkanes of at least 4 members (excludes halogenated alkanes) is 4. The highest BCUT2D eigenvalue weighted by Gasteiger charge is 2.31. The van der Waals surface area contributed by atoms with Gasteiger partial charge in [-0.05, 0) is 106 Å². The van der Waals surface area contributed by atoms with Gasteiger partial charge in [0, 0.05) is 0 Å². The zero-order chi connectivity index (χ0) is 21.3. The third-order valence-electron chi connectivity index (χ3n) is 7.90. The molecule has 2 fully saturated rings. The topological polar surface area (TPSA) is 0 Å². The molecule has 0 saturated heterocycles. The summed E-state index contributed by atoms with van der Waals surface area (Å²) in [6.07, 6.45) is 21.9. The lowest BCUT2D eigenvalue weighted by Gasteiger charge is -2.37. The maximum absolute atomic E-state index is 14.9. The summed E-state index contributed by atoms with van der Waals surface area (Å²) in [5.74, 6) is 2.90. The second-order valence-electron chi connectivity index (χ2n) is 9.92. The van der Waals surface area contributed by atoms with Gasteiger partial charge in [0.15, 0.2) is 0 Å². The van der Waals surface area contributed by atoms with Crippen LogP contribution in [0.15, 0.2) is 24.3 Å². The number of rotatable bonds is 9. The summed E-state index contributed by atoms with van der Waals surface area (Å²) in [5, 5.41) is 0.413. The molecule has 0 aliphatic heterocycles. The summed E-state index contributed by atoms with van der Waals surface area (Å²) < 4.78 is 14.9. The van der Waals surface area contributed by atoms with Crippen LogP contribution in [0.25, 0.3) is 0 Å². The van der Waals surface area contributed by atoms with Crippen LogP contribution in [0.2, 0.25) is 5.02 Å². The number of aryl methyl sites for hydroxylation is 1. The smallest absolute Gasteiger partial charge is 0.145 e. The predicted octanol–water partition coefficient (Wildman–Crippen LogP) is 9.65. The average Bonchev–Trinajstić information content (AvgIpc) is 2.77. The summed E-state index contributed by atoms with van der Waals surface area (Å²) in [7, 11) is 0. The van der Waals surface area contributed by atoms with Crippen molar-refractivity contribution in [3.63, 3.8) is 0 Å². The van der Waals surface area contributed by atoms with E-state index < -0.39 is 0 Å². The standard InChI is InChI=1S/C28H42ClF/c1-3-5-6-7-8-10-25-19-20-26(27(29)28(25)30)24-17-15-23(16-18-24)22-13-11-21(9-4-2)12-14-22/h4,9,19-24H,3,5-8,10-18H2,1-2H3. The van der Waals surface area contributed by atoms with E-state index in [1.54, 1.807) is 0 Å². The van der Waals surface area contributed by atoms with Gasteiger partial charge in [0.25, 0.3) is 0 Å². The Morgan fingerprint density at radius 3 is 2.17 bits per heavy atom. The fourth-order valence-electron chi connectivity index (χ4n) is 6.01. The molecule has 0 aromatic heterocycles. The van der Waals surface area contributed by atoms with Gasteiger partial charge in [-0.25, -0.2) is 4.39 Å². The molecular formula is C28H42ClF. The molecule has 0 atom stereocenters. The Bertz CT molecular complexity index is 663. The van der Waals surface area contributed by atoms with E-state index in [1.807, 2.05) is 6.07 Å². The maximum Gasteiger partial charge on any atom is 0.145 e. The van der Waals surface area contributed by atoms with Gasteiger partial charge in [0.1, 0.15) is 5.82 Å². The van der Waals surface area contributed by atoms with E-state index >= 15 is 0 Å². The van der Waals surface area contributed by atoms with Gasteiger partial charge >= 0.3 is 0 Å². The zero-order valence-electron chi connectivity index (χ0n) is 19.3. The van der Waals surface area contributed by atoms with E-state index in [9.17, 15) is 4.39 Å². The quantitative estimate of drug-likeness (QED) is 0.269. The molecule has 0 amide bonds. The van der Waals surface area contributed by atoms with Crippen molar-refractivity contribution in [1.29, 1.82) is 0 Å². The molecule has 3 rings (SSSR count). The summed E-state index contributed by atoms with van der Waals surface area (Å²) in [5.41, 5.74) is 1.88. The number of allylic oxidation sites excluding steroid dienone is 2. The van der Waals surface area contributed by atoms with Crippen LogP contribution in [0.3, 0.4) is 0 Å². The van der Waals surface area contributed by atoms with Crippen LogP contribution in [-0.2, 0) is 6.42 Å². The first-order valence-corrected chi connectivity index (χ1v) is 13.1. The van der Waals surface area contributed by atoms with Gasteiger partial charge in [0.2, 0.25) is 0 Å². The van der Waals surface area contributed by atoms with Crippen molar-refractivity contribution in [2.75, 3.05) is 0 Å². The Balaban J connectivity index is 1.50. The highest BCUT2D eigenvalue weighted by atomic mass is 35.5. The van der Waals surface area contributed by atoms with Crippen LogP contribution in [0.5, 0.6) is 0 Å². The highest BCUT2D eigenvalue weighted by Crippen LogP contribution is 2.45. The molecule has 2 heteroatoms.